The van der Waals surface area contributed by atoms with Crippen molar-refractivity contribution in [1.29, 1.82) is 0 Å². The van der Waals surface area contributed by atoms with Crippen molar-refractivity contribution in [2.75, 3.05) is 32.9 Å². The maximum Gasteiger partial charge on any atom is 0.0619 e. The summed E-state index contributed by atoms with van der Waals surface area (Å²) < 4.78 is 5.42. The van der Waals surface area contributed by atoms with E-state index < -0.39 is 0 Å². The van der Waals surface area contributed by atoms with Gasteiger partial charge in [-0.2, -0.15) is 0 Å². The van der Waals surface area contributed by atoms with Crippen molar-refractivity contribution in [1.82, 2.24) is 4.90 Å². The maximum absolute atomic E-state index is 9.48. The van der Waals surface area contributed by atoms with Crippen molar-refractivity contribution in [2.24, 2.45) is 5.41 Å². The van der Waals surface area contributed by atoms with Crippen molar-refractivity contribution in [3.05, 3.63) is 0 Å². The first-order chi connectivity index (χ1) is 7.11. The Morgan fingerprint density at radius 2 is 2.27 bits per heavy atom. The van der Waals surface area contributed by atoms with Crippen LogP contribution in [0, 0.1) is 5.41 Å². The molecule has 90 valence electrons. The molecule has 0 aromatic rings. The van der Waals surface area contributed by atoms with E-state index >= 15 is 0 Å². The maximum atomic E-state index is 9.48. The van der Waals surface area contributed by atoms with Gasteiger partial charge in [-0.3, -0.25) is 4.90 Å². The molecule has 1 aliphatic rings. The Morgan fingerprint density at radius 1 is 1.53 bits per heavy atom. The van der Waals surface area contributed by atoms with Crippen molar-refractivity contribution in [3.8, 4) is 0 Å². The van der Waals surface area contributed by atoms with Gasteiger partial charge in [0.25, 0.3) is 0 Å². The molecule has 0 aliphatic carbocycles. The molecule has 3 heteroatoms. The van der Waals surface area contributed by atoms with Crippen LogP contribution in [-0.4, -0.2) is 49.0 Å². The molecule has 2 unspecified atom stereocenters. The minimum Gasteiger partial charge on any atom is -0.396 e. The van der Waals surface area contributed by atoms with Crippen LogP contribution in [0.15, 0.2) is 0 Å². The van der Waals surface area contributed by atoms with Crippen LogP contribution in [0.4, 0.5) is 0 Å². The van der Waals surface area contributed by atoms with Gasteiger partial charge in [-0.05, 0) is 13.3 Å². The highest BCUT2D eigenvalue weighted by Gasteiger charge is 2.29. The monoisotopic (exact) mass is 215 g/mol. The largest absolute Gasteiger partial charge is 0.396 e. The molecule has 0 aromatic carbocycles. The topological polar surface area (TPSA) is 32.7 Å². The summed E-state index contributed by atoms with van der Waals surface area (Å²) >= 11 is 0. The fraction of sp³-hybridized carbons (Fsp3) is 1.00. The van der Waals surface area contributed by atoms with E-state index in [0.29, 0.717) is 6.04 Å². The van der Waals surface area contributed by atoms with Crippen LogP contribution in [0.1, 0.15) is 33.6 Å². The molecule has 0 spiro atoms. The predicted molar refractivity (Wildman–Crippen MR) is 62.0 cm³/mol. The summed E-state index contributed by atoms with van der Waals surface area (Å²) in [5.74, 6) is 0. The average molecular weight is 215 g/mol. The van der Waals surface area contributed by atoms with Gasteiger partial charge in [0.15, 0.2) is 0 Å². The van der Waals surface area contributed by atoms with E-state index in [1.54, 1.807) is 0 Å². The fourth-order valence-electron chi connectivity index (χ4n) is 2.30. The number of morpholine rings is 1. The lowest BCUT2D eigenvalue weighted by atomic mass is 9.85. The van der Waals surface area contributed by atoms with Crippen LogP contribution < -0.4 is 0 Å². The van der Waals surface area contributed by atoms with Crippen LogP contribution in [0.2, 0.25) is 0 Å². The summed E-state index contributed by atoms with van der Waals surface area (Å²) in [4.78, 5) is 2.44. The zero-order valence-corrected chi connectivity index (χ0v) is 10.3. The molecule has 2 atom stereocenters. The number of rotatable bonds is 5. The summed E-state index contributed by atoms with van der Waals surface area (Å²) in [6, 6.07) is 0.487. The van der Waals surface area contributed by atoms with E-state index in [4.69, 9.17) is 4.74 Å². The van der Waals surface area contributed by atoms with Crippen LogP contribution in [0.3, 0.4) is 0 Å². The fourth-order valence-corrected chi connectivity index (χ4v) is 2.30. The quantitative estimate of drug-likeness (QED) is 0.754. The second-order valence-electron chi connectivity index (χ2n) is 5.11. The molecule has 0 bridgehead atoms. The van der Waals surface area contributed by atoms with Gasteiger partial charge in [-0.25, -0.2) is 0 Å². The van der Waals surface area contributed by atoms with Crippen molar-refractivity contribution >= 4 is 0 Å². The third kappa shape index (κ3) is 3.74. The first kappa shape index (κ1) is 12.9. The second-order valence-corrected chi connectivity index (χ2v) is 5.11. The van der Waals surface area contributed by atoms with E-state index in [1.807, 2.05) is 0 Å². The molecular formula is C12H25NO2. The Kier molecular flexibility index (Phi) is 5.03. The Bertz CT molecular complexity index is 186. The van der Waals surface area contributed by atoms with Crippen LogP contribution in [-0.2, 0) is 4.74 Å². The molecule has 1 aliphatic heterocycles. The van der Waals surface area contributed by atoms with E-state index in [9.17, 15) is 5.11 Å². The molecule has 15 heavy (non-hydrogen) atoms. The number of aliphatic hydroxyl groups excluding tert-OH is 1. The van der Waals surface area contributed by atoms with Gasteiger partial charge in [0.05, 0.1) is 13.2 Å². The van der Waals surface area contributed by atoms with E-state index in [2.05, 4.69) is 25.7 Å². The number of hydrogen-bond donors (Lipinski definition) is 1. The van der Waals surface area contributed by atoms with Crippen molar-refractivity contribution in [3.63, 3.8) is 0 Å². The van der Waals surface area contributed by atoms with E-state index in [1.165, 1.54) is 0 Å². The standard InChI is InChI=1S/C12H25NO2/c1-4-5-12(3,10-14)9-13-6-7-15-8-11(13)2/h11,14H,4-10H2,1-3H3. The summed E-state index contributed by atoms with van der Waals surface area (Å²) in [7, 11) is 0. The molecular weight excluding hydrogens is 190 g/mol. The summed E-state index contributed by atoms with van der Waals surface area (Å²) in [6.07, 6.45) is 2.23. The van der Waals surface area contributed by atoms with Gasteiger partial charge in [0.1, 0.15) is 0 Å². The molecule has 1 N–H and O–H groups in total. The Morgan fingerprint density at radius 3 is 2.80 bits per heavy atom. The number of nitrogens with zero attached hydrogens (tertiary/aromatic N) is 1. The lowest BCUT2D eigenvalue weighted by Crippen LogP contribution is -2.49. The van der Waals surface area contributed by atoms with Gasteiger partial charge in [-0.15, -0.1) is 0 Å². The molecule has 0 radical (unpaired) electrons. The van der Waals surface area contributed by atoms with Crippen LogP contribution in [0.25, 0.3) is 0 Å². The molecule has 1 saturated heterocycles. The van der Waals surface area contributed by atoms with E-state index in [-0.39, 0.29) is 12.0 Å². The van der Waals surface area contributed by atoms with Gasteiger partial charge in [-0.1, -0.05) is 20.3 Å². The lowest BCUT2D eigenvalue weighted by molar-refractivity contribution is -0.0288. The molecule has 1 fully saturated rings. The molecule has 0 amide bonds. The Hall–Kier alpha value is -0.120. The van der Waals surface area contributed by atoms with Crippen LogP contribution in [0.5, 0.6) is 0 Å². The smallest absolute Gasteiger partial charge is 0.0619 e. The van der Waals surface area contributed by atoms with Crippen LogP contribution >= 0.6 is 0 Å². The third-order valence-corrected chi connectivity index (χ3v) is 3.33. The molecule has 3 nitrogen and oxygen atoms in total. The average Bonchev–Trinajstić information content (AvgIpc) is 2.22. The molecule has 1 heterocycles. The number of ether oxygens (including phenoxy) is 1. The SMILES string of the molecule is CCCC(C)(CO)CN1CCOCC1C. The molecule has 1 rings (SSSR count). The lowest BCUT2D eigenvalue weighted by Gasteiger charge is -2.39. The highest BCUT2D eigenvalue weighted by atomic mass is 16.5. The van der Waals surface area contributed by atoms with Crippen molar-refractivity contribution < 1.29 is 9.84 Å². The summed E-state index contributed by atoms with van der Waals surface area (Å²) in [5, 5.41) is 9.48. The highest BCUT2D eigenvalue weighted by Crippen LogP contribution is 2.25. The molecule has 0 aromatic heterocycles. The summed E-state index contributed by atoms with van der Waals surface area (Å²) in [6.45, 7) is 10.5. The Balaban J connectivity index is 2.49. The highest BCUT2D eigenvalue weighted by molar-refractivity contribution is 4.81. The minimum atomic E-state index is 0.0559. The third-order valence-electron chi connectivity index (χ3n) is 3.33. The zero-order chi connectivity index (χ0) is 11.3. The van der Waals surface area contributed by atoms with Gasteiger partial charge >= 0.3 is 0 Å². The number of aliphatic hydroxyl groups is 1. The van der Waals surface area contributed by atoms with E-state index in [0.717, 1.165) is 39.1 Å². The van der Waals surface area contributed by atoms with Gasteiger partial charge in [0.2, 0.25) is 0 Å². The Labute approximate surface area is 93.4 Å². The number of hydrogen-bond acceptors (Lipinski definition) is 3. The second kappa shape index (κ2) is 5.83. The normalized spacial score (nSPS) is 27.6. The first-order valence-electron chi connectivity index (χ1n) is 6.04. The van der Waals surface area contributed by atoms with Gasteiger partial charge < -0.3 is 9.84 Å². The van der Waals surface area contributed by atoms with Gasteiger partial charge in [0, 0.05) is 31.2 Å². The van der Waals surface area contributed by atoms with Crippen molar-refractivity contribution in [2.45, 2.75) is 39.7 Å². The zero-order valence-electron chi connectivity index (χ0n) is 10.3. The predicted octanol–water partition coefficient (Wildman–Crippen LogP) is 1.51. The first-order valence-corrected chi connectivity index (χ1v) is 6.04. The minimum absolute atomic E-state index is 0.0559. The molecule has 0 saturated carbocycles. The summed E-state index contributed by atoms with van der Waals surface area (Å²) in [5.41, 5.74) is 0.0559.